The Balaban J connectivity index is 2.38. The van der Waals surface area contributed by atoms with E-state index in [4.69, 9.17) is 0 Å². The molecule has 1 aromatic rings. The molecule has 0 amide bonds. The second-order valence-electron chi connectivity index (χ2n) is 11.5. The molecule has 1 N–H and O–H groups in total. The third kappa shape index (κ3) is 16.6. The van der Waals surface area contributed by atoms with Crippen LogP contribution in [0.25, 0.3) is 0 Å². The first-order chi connectivity index (χ1) is 17.2. The lowest BCUT2D eigenvalue weighted by atomic mass is 9.93. The van der Waals surface area contributed by atoms with Gasteiger partial charge in [0.1, 0.15) is 12.4 Å². The molecular formula is C33H65N2+. The van der Waals surface area contributed by atoms with Crippen molar-refractivity contribution >= 4 is 0 Å². The molecule has 2 unspecified atom stereocenters. The molecule has 0 fully saturated rings. The number of hydrogen-bond donors (Lipinski definition) is 1. The standard InChI is InChI=1S/C33H64N2/c1-5-8-11-13-15-17-18-20-22-25-28-32(27-23-10-7-3)33-34-29-30-35(33)31(4)26-24-21-19-16-14-12-9-6-2/h29-32H,5-28H2,1-4H3/p+1. The Bertz CT molecular complexity index is 549. The van der Waals surface area contributed by atoms with Gasteiger partial charge in [0.05, 0.1) is 12.0 Å². The summed E-state index contributed by atoms with van der Waals surface area (Å²) >= 11 is 0. The van der Waals surface area contributed by atoms with Crippen LogP contribution < -0.4 is 4.57 Å². The van der Waals surface area contributed by atoms with E-state index >= 15 is 0 Å². The number of nitrogens with zero attached hydrogens (tertiary/aromatic N) is 1. The molecular weight excluding hydrogens is 424 g/mol. The van der Waals surface area contributed by atoms with Gasteiger partial charge in [0.2, 0.25) is 0 Å². The Morgan fingerprint density at radius 1 is 0.543 bits per heavy atom. The topological polar surface area (TPSA) is 19.7 Å². The van der Waals surface area contributed by atoms with Gasteiger partial charge in [-0.3, -0.25) is 0 Å². The Labute approximate surface area is 221 Å². The van der Waals surface area contributed by atoms with Crippen LogP contribution in [0.2, 0.25) is 0 Å². The van der Waals surface area contributed by atoms with Gasteiger partial charge in [-0.2, -0.15) is 0 Å². The average Bonchev–Trinajstić information content (AvgIpc) is 3.35. The Hall–Kier alpha value is -0.790. The fraction of sp³-hybridized carbons (Fsp3) is 0.909. The van der Waals surface area contributed by atoms with Gasteiger partial charge in [0.15, 0.2) is 0 Å². The summed E-state index contributed by atoms with van der Waals surface area (Å²) in [5.41, 5.74) is 0. The quantitative estimate of drug-likeness (QED) is 0.0985. The predicted molar refractivity (Wildman–Crippen MR) is 156 cm³/mol. The monoisotopic (exact) mass is 490 g/mol. The molecule has 1 aromatic heterocycles. The largest absolute Gasteiger partial charge is 0.257 e. The van der Waals surface area contributed by atoms with E-state index in [0.717, 1.165) is 0 Å². The van der Waals surface area contributed by atoms with E-state index in [1.54, 1.807) is 0 Å². The van der Waals surface area contributed by atoms with Crippen molar-refractivity contribution in [3.05, 3.63) is 18.2 Å². The number of hydrogen-bond acceptors (Lipinski definition) is 0. The van der Waals surface area contributed by atoms with Crippen molar-refractivity contribution in [3.63, 3.8) is 0 Å². The molecule has 0 saturated heterocycles. The summed E-state index contributed by atoms with van der Waals surface area (Å²) in [6.45, 7) is 9.39. The van der Waals surface area contributed by atoms with Crippen LogP contribution in [0.15, 0.2) is 12.4 Å². The van der Waals surface area contributed by atoms with E-state index in [1.807, 2.05) is 0 Å². The Morgan fingerprint density at radius 3 is 1.40 bits per heavy atom. The molecule has 0 aliphatic heterocycles. The highest BCUT2D eigenvalue weighted by Gasteiger charge is 2.25. The second-order valence-corrected chi connectivity index (χ2v) is 11.5. The normalized spacial score (nSPS) is 13.4. The molecule has 2 heteroatoms. The number of H-pyrrole nitrogens is 1. The molecule has 0 radical (unpaired) electrons. The van der Waals surface area contributed by atoms with Crippen molar-refractivity contribution < 1.29 is 4.57 Å². The molecule has 0 spiro atoms. The number of rotatable bonds is 26. The van der Waals surface area contributed by atoms with Crippen LogP contribution >= 0.6 is 0 Å². The van der Waals surface area contributed by atoms with E-state index in [0.29, 0.717) is 12.0 Å². The van der Waals surface area contributed by atoms with Crippen LogP contribution in [0.5, 0.6) is 0 Å². The van der Waals surface area contributed by atoms with Crippen molar-refractivity contribution in [1.82, 2.24) is 4.98 Å². The molecule has 0 saturated carbocycles. The van der Waals surface area contributed by atoms with E-state index in [9.17, 15) is 0 Å². The van der Waals surface area contributed by atoms with Gasteiger partial charge >= 0.3 is 0 Å². The number of nitrogens with one attached hydrogen (secondary N) is 1. The minimum Gasteiger partial charge on any atom is -0.247 e. The highest BCUT2D eigenvalue weighted by molar-refractivity contribution is 4.90. The summed E-state index contributed by atoms with van der Waals surface area (Å²) in [6.07, 6.45) is 38.3. The van der Waals surface area contributed by atoms with Crippen molar-refractivity contribution in [2.24, 2.45) is 0 Å². The molecule has 0 aromatic carbocycles. The highest BCUT2D eigenvalue weighted by Crippen LogP contribution is 2.27. The maximum Gasteiger partial charge on any atom is 0.257 e. The third-order valence-electron chi connectivity index (χ3n) is 8.14. The Kier molecular flexibility index (Phi) is 21.7. The second kappa shape index (κ2) is 23.6. The van der Waals surface area contributed by atoms with Crippen LogP contribution in [0.4, 0.5) is 0 Å². The maximum atomic E-state index is 3.69. The lowest BCUT2D eigenvalue weighted by Gasteiger charge is -2.17. The molecule has 2 nitrogen and oxygen atoms in total. The lowest BCUT2D eigenvalue weighted by Crippen LogP contribution is -2.41. The SMILES string of the molecule is CCCCCCCCCCCCC(CCCCC)c1[nH]cc[n+]1C(C)CCCCCCCCCC. The summed E-state index contributed by atoms with van der Waals surface area (Å²) in [5.74, 6) is 2.23. The minimum atomic E-state index is 0.623. The molecule has 1 heterocycles. The smallest absolute Gasteiger partial charge is 0.247 e. The number of aromatic nitrogens is 2. The fourth-order valence-electron chi connectivity index (χ4n) is 5.72. The van der Waals surface area contributed by atoms with Gasteiger partial charge in [0, 0.05) is 0 Å². The molecule has 206 valence electrons. The zero-order valence-corrected chi connectivity index (χ0v) is 24.7. The Morgan fingerprint density at radius 2 is 0.914 bits per heavy atom. The number of aromatic amines is 1. The van der Waals surface area contributed by atoms with Crippen molar-refractivity contribution in [1.29, 1.82) is 0 Å². The van der Waals surface area contributed by atoms with Crippen molar-refractivity contribution in [2.75, 3.05) is 0 Å². The van der Waals surface area contributed by atoms with Gasteiger partial charge in [-0.15, -0.1) is 0 Å². The van der Waals surface area contributed by atoms with Crippen molar-refractivity contribution in [3.8, 4) is 0 Å². The minimum absolute atomic E-state index is 0.623. The van der Waals surface area contributed by atoms with Gasteiger partial charge in [-0.1, -0.05) is 149 Å². The maximum absolute atomic E-state index is 3.69. The van der Waals surface area contributed by atoms with E-state index in [1.165, 1.54) is 160 Å². The van der Waals surface area contributed by atoms with Gasteiger partial charge in [-0.05, 0) is 32.6 Å². The van der Waals surface area contributed by atoms with E-state index in [-0.39, 0.29) is 0 Å². The first kappa shape index (κ1) is 32.2. The molecule has 0 aliphatic rings. The summed E-state index contributed by atoms with van der Waals surface area (Å²) in [5, 5.41) is 0. The molecule has 1 rings (SSSR count). The lowest BCUT2D eigenvalue weighted by molar-refractivity contribution is -0.727. The third-order valence-corrected chi connectivity index (χ3v) is 8.14. The molecule has 0 aliphatic carbocycles. The van der Waals surface area contributed by atoms with Crippen molar-refractivity contribution in [2.45, 2.75) is 194 Å². The van der Waals surface area contributed by atoms with Crippen LogP contribution in [-0.4, -0.2) is 4.98 Å². The van der Waals surface area contributed by atoms with E-state index < -0.39 is 0 Å². The summed E-state index contributed by atoms with van der Waals surface area (Å²) in [4.78, 5) is 3.69. The number of imidazole rings is 1. The molecule has 0 bridgehead atoms. The van der Waals surface area contributed by atoms with Gasteiger partial charge in [-0.25, -0.2) is 9.55 Å². The average molecular weight is 490 g/mol. The summed E-state index contributed by atoms with van der Waals surface area (Å²) in [7, 11) is 0. The highest BCUT2D eigenvalue weighted by atomic mass is 15.1. The van der Waals surface area contributed by atoms with Crippen LogP contribution in [0.3, 0.4) is 0 Å². The van der Waals surface area contributed by atoms with Crippen LogP contribution in [-0.2, 0) is 0 Å². The molecule has 35 heavy (non-hydrogen) atoms. The molecule has 2 atom stereocenters. The van der Waals surface area contributed by atoms with Gasteiger partial charge in [0.25, 0.3) is 5.82 Å². The summed E-state index contributed by atoms with van der Waals surface area (Å²) in [6, 6.07) is 0.623. The first-order valence-corrected chi connectivity index (χ1v) is 16.3. The zero-order chi connectivity index (χ0) is 25.4. The zero-order valence-electron chi connectivity index (χ0n) is 24.7. The fourth-order valence-corrected chi connectivity index (χ4v) is 5.72. The van der Waals surface area contributed by atoms with Gasteiger partial charge < -0.3 is 0 Å². The predicted octanol–water partition coefficient (Wildman–Crippen LogP) is 11.4. The van der Waals surface area contributed by atoms with Crippen LogP contribution in [0.1, 0.15) is 200 Å². The first-order valence-electron chi connectivity index (χ1n) is 16.3. The van der Waals surface area contributed by atoms with Crippen LogP contribution in [0, 0.1) is 0 Å². The summed E-state index contributed by atoms with van der Waals surface area (Å²) < 4.78 is 2.61. The number of unbranched alkanes of at least 4 members (excludes halogenated alkanes) is 18. The van der Waals surface area contributed by atoms with E-state index in [2.05, 4.69) is 49.6 Å².